The molecule has 1 fully saturated rings. The van der Waals surface area contributed by atoms with Crippen LogP contribution in [0.2, 0.25) is 0 Å². The van der Waals surface area contributed by atoms with Crippen LogP contribution >= 0.6 is 0 Å². The number of hydrogen-bond acceptors (Lipinski definition) is 3. The molecule has 1 rings (SSSR count). The number of aliphatic hydroxyl groups excluding tert-OH is 1. The topological polar surface area (TPSA) is 41.5 Å². The van der Waals surface area contributed by atoms with Crippen LogP contribution in [0, 0.1) is 0 Å². The maximum atomic E-state index is 9.55. The molecule has 0 aromatic carbocycles. The summed E-state index contributed by atoms with van der Waals surface area (Å²) in [7, 11) is 0. The van der Waals surface area contributed by atoms with E-state index >= 15 is 0 Å². The molecular formula is C11H23NO2. The standard InChI is InChI=1S/C11H23NO2/c1-2-12-9-10(13)5-3-6-11-7-4-8-14-11/h10-13H,2-9H2,1H3. The zero-order chi connectivity index (χ0) is 10.2. The van der Waals surface area contributed by atoms with Gasteiger partial charge in [0.15, 0.2) is 0 Å². The summed E-state index contributed by atoms with van der Waals surface area (Å²) in [5, 5.41) is 12.7. The van der Waals surface area contributed by atoms with Crippen molar-refractivity contribution < 1.29 is 9.84 Å². The van der Waals surface area contributed by atoms with Crippen molar-refractivity contribution in [3.05, 3.63) is 0 Å². The minimum absolute atomic E-state index is 0.184. The van der Waals surface area contributed by atoms with Gasteiger partial charge in [0.1, 0.15) is 0 Å². The lowest BCUT2D eigenvalue weighted by Crippen LogP contribution is -2.26. The van der Waals surface area contributed by atoms with Gasteiger partial charge in [-0.3, -0.25) is 0 Å². The van der Waals surface area contributed by atoms with Gasteiger partial charge in [-0.1, -0.05) is 6.92 Å². The second kappa shape index (κ2) is 7.21. The van der Waals surface area contributed by atoms with Crippen molar-refractivity contribution in [2.45, 2.75) is 51.2 Å². The van der Waals surface area contributed by atoms with Crippen LogP contribution in [-0.4, -0.2) is 37.0 Å². The smallest absolute Gasteiger partial charge is 0.0664 e. The van der Waals surface area contributed by atoms with Crippen LogP contribution < -0.4 is 5.32 Å². The van der Waals surface area contributed by atoms with E-state index in [0.717, 1.165) is 39.0 Å². The molecule has 1 saturated heterocycles. The molecule has 1 aliphatic heterocycles. The first-order valence-corrected chi connectivity index (χ1v) is 5.83. The first-order valence-electron chi connectivity index (χ1n) is 5.83. The first-order chi connectivity index (χ1) is 6.83. The van der Waals surface area contributed by atoms with Gasteiger partial charge >= 0.3 is 0 Å². The van der Waals surface area contributed by atoms with E-state index < -0.39 is 0 Å². The third-order valence-electron chi connectivity index (χ3n) is 2.72. The Morgan fingerprint density at radius 1 is 1.57 bits per heavy atom. The molecule has 2 atom stereocenters. The normalized spacial score (nSPS) is 24.0. The lowest BCUT2D eigenvalue weighted by molar-refractivity contribution is 0.0944. The quantitative estimate of drug-likeness (QED) is 0.652. The molecule has 0 amide bonds. The van der Waals surface area contributed by atoms with Gasteiger partial charge in [-0.25, -0.2) is 0 Å². The molecule has 3 heteroatoms. The molecule has 0 radical (unpaired) electrons. The molecule has 0 aromatic heterocycles. The van der Waals surface area contributed by atoms with Crippen LogP contribution in [0.5, 0.6) is 0 Å². The minimum Gasteiger partial charge on any atom is -0.392 e. The van der Waals surface area contributed by atoms with Gasteiger partial charge in [-0.05, 0) is 38.6 Å². The largest absolute Gasteiger partial charge is 0.392 e. The highest BCUT2D eigenvalue weighted by molar-refractivity contribution is 4.66. The minimum atomic E-state index is -0.184. The van der Waals surface area contributed by atoms with Crippen molar-refractivity contribution in [2.24, 2.45) is 0 Å². The second-order valence-electron chi connectivity index (χ2n) is 4.03. The third-order valence-corrected chi connectivity index (χ3v) is 2.72. The Hall–Kier alpha value is -0.120. The van der Waals surface area contributed by atoms with Crippen molar-refractivity contribution in [3.63, 3.8) is 0 Å². The van der Waals surface area contributed by atoms with Gasteiger partial charge < -0.3 is 15.2 Å². The second-order valence-corrected chi connectivity index (χ2v) is 4.03. The van der Waals surface area contributed by atoms with Crippen LogP contribution in [0.4, 0.5) is 0 Å². The predicted molar refractivity (Wildman–Crippen MR) is 57.4 cm³/mol. The predicted octanol–water partition coefficient (Wildman–Crippen LogP) is 1.31. The van der Waals surface area contributed by atoms with E-state index in [4.69, 9.17) is 4.74 Å². The average molecular weight is 201 g/mol. The van der Waals surface area contributed by atoms with Crippen molar-refractivity contribution in [2.75, 3.05) is 19.7 Å². The Morgan fingerprint density at radius 3 is 3.07 bits per heavy atom. The fraction of sp³-hybridized carbons (Fsp3) is 1.00. The van der Waals surface area contributed by atoms with Gasteiger partial charge in [0, 0.05) is 13.2 Å². The van der Waals surface area contributed by atoms with Gasteiger partial charge in [0.2, 0.25) is 0 Å². The van der Waals surface area contributed by atoms with Gasteiger partial charge in [-0.15, -0.1) is 0 Å². The fourth-order valence-corrected chi connectivity index (χ4v) is 1.87. The Balaban J connectivity index is 1.91. The van der Waals surface area contributed by atoms with E-state index in [0.29, 0.717) is 6.10 Å². The van der Waals surface area contributed by atoms with Gasteiger partial charge in [0.05, 0.1) is 12.2 Å². The van der Waals surface area contributed by atoms with Crippen molar-refractivity contribution >= 4 is 0 Å². The number of nitrogens with one attached hydrogen (secondary N) is 1. The summed E-state index contributed by atoms with van der Waals surface area (Å²) in [6.07, 6.45) is 5.80. The van der Waals surface area contributed by atoms with E-state index in [-0.39, 0.29) is 6.10 Å². The van der Waals surface area contributed by atoms with Crippen molar-refractivity contribution in [1.82, 2.24) is 5.32 Å². The van der Waals surface area contributed by atoms with Crippen LogP contribution in [0.1, 0.15) is 39.0 Å². The molecule has 0 aliphatic carbocycles. The lowest BCUT2D eigenvalue weighted by Gasteiger charge is -2.12. The first kappa shape index (κ1) is 12.0. The molecule has 0 saturated carbocycles. The van der Waals surface area contributed by atoms with Crippen LogP contribution in [-0.2, 0) is 4.74 Å². The highest BCUT2D eigenvalue weighted by Gasteiger charge is 2.15. The molecule has 1 heterocycles. The Morgan fingerprint density at radius 2 is 2.43 bits per heavy atom. The zero-order valence-corrected chi connectivity index (χ0v) is 9.17. The SMILES string of the molecule is CCNCC(O)CCCC1CCCO1. The number of ether oxygens (including phenoxy) is 1. The molecule has 3 nitrogen and oxygen atoms in total. The van der Waals surface area contributed by atoms with E-state index in [2.05, 4.69) is 12.2 Å². The van der Waals surface area contributed by atoms with Crippen LogP contribution in [0.25, 0.3) is 0 Å². The lowest BCUT2D eigenvalue weighted by atomic mass is 10.1. The summed E-state index contributed by atoms with van der Waals surface area (Å²) in [5.41, 5.74) is 0. The van der Waals surface area contributed by atoms with Gasteiger partial charge in [-0.2, -0.15) is 0 Å². The molecule has 0 bridgehead atoms. The molecule has 2 unspecified atom stereocenters. The maximum Gasteiger partial charge on any atom is 0.0664 e. The summed E-state index contributed by atoms with van der Waals surface area (Å²) in [4.78, 5) is 0. The summed E-state index contributed by atoms with van der Waals surface area (Å²) >= 11 is 0. The molecule has 0 aromatic rings. The highest BCUT2D eigenvalue weighted by Crippen LogP contribution is 2.17. The van der Waals surface area contributed by atoms with Crippen molar-refractivity contribution in [1.29, 1.82) is 0 Å². The van der Waals surface area contributed by atoms with E-state index in [1.54, 1.807) is 0 Å². The fourth-order valence-electron chi connectivity index (χ4n) is 1.87. The number of hydrogen-bond donors (Lipinski definition) is 2. The van der Waals surface area contributed by atoms with Crippen LogP contribution in [0.15, 0.2) is 0 Å². The summed E-state index contributed by atoms with van der Waals surface area (Å²) < 4.78 is 5.52. The summed E-state index contributed by atoms with van der Waals surface area (Å²) in [6, 6.07) is 0. The Kier molecular flexibility index (Phi) is 6.15. The molecule has 2 N–H and O–H groups in total. The third kappa shape index (κ3) is 4.94. The van der Waals surface area contributed by atoms with E-state index in [1.807, 2.05) is 0 Å². The highest BCUT2D eigenvalue weighted by atomic mass is 16.5. The molecule has 0 spiro atoms. The van der Waals surface area contributed by atoms with E-state index in [1.165, 1.54) is 12.8 Å². The Bertz CT molecular complexity index is 135. The molecule has 14 heavy (non-hydrogen) atoms. The molecular weight excluding hydrogens is 178 g/mol. The number of aliphatic hydroxyl groups is 1. The van der Waals surface area contributed by atoms with Gasteiger partial charge in [0.25, 0.3) is 0 Å². The number of likely N-dealkylation sites (N-methyl/N-ethyl adjacent to an activating group) is 1. The number of rotatable bonds is 7. The zero-order valence-electron chi connectivity index (χ0n) is 9.17. The summed E-state index contributed by atoms with van der Waals surface area (Å²) in [5.74, 6) is 0. The molecule has 84 valence electrons. The molecule has 1 aliphatic rings. The van der Waals surface area contributed by atoms with Crippen molar-refractivity contribution in [3.8, 4) is 0 Å². The maximum absolute atomic E-state index is 9.55. The monoisotopic (exact) mass is 201 g/mol. The van der Waals surface area contributed by atoms with E-state index in [9.17, 15) is 5.11 Å². The van der Waals surface area contributed by atoms with Crippen LogP contribution in [0.3, 0.4) is 0 Å². The summed E-state index contributed by atoms with van der Waals surface area (Å²) in [6.45, 7) is 4.65. The Labute approximate surface area is 86.8 Å². The average Bonchev–Trinajstić information content (AvgIpc) is 2.67.